The van der Waals surface area contributed by atoms with E-state index in [9.17, 15) is 0 Å². The Balaban J connectivity index is 2.25. The Hall–Kier alpha value is -2.01. The molecule has 2 aromatic carbocycles. The van der Waals surface area contributed by atoms with Gasteiger partial charge in [0, 0.05) is 5.56 Å². The zero-order chi connectivity index (χ0) is 15.2. The van der Waals surface area contributed by atoms with Gasteiger partial charge in [-0.25, -0.2) is 0 Å². The Morgan fingerprint density at radius 1 is 1.29 bits per heavy atom. The van der Waals surface area contributed by atoms with Crippen molar-refractivity contribution < 1.29 is 14.7 Å². The minimum absolute atomic E-state index is 0.453. The van der Waals surface area contributed by atoms with Gasteiger partial charge in [0.2, 0.25) is 0 Å². The van der Waals surface area contributed by atoms with E-state index in [1.54, 1.807) is 19.2 Å². The predicted molar refractivity (Wildman–Crippen MR) is 85.6 cm³/mol. The molecule has 0 aliphatic heterocycles. The number of halogens is 1. The minimum atomic E-state index is 0.453. The van der Waals surface area contributed by atoms with Gasteiger partial charge in [0.1, 0.15) is 6.61 Å². The van der Waals surface area contributed by atoms with E-state index >= 15 is 0 Å². The summed E-state index contributed by atoms with van der Waals surface area (Å²) >= 11 is 3.45. The van der Waals surface area contributed by atoms with Crippen LogP contribution in [0.2, 0.25) is 0 Å². The van der Waals surface area contributed by atoms with E-state index in [0.717, 1.165) is 10.0 Å². The fourth-order valence-corrected chi connectivity index (χ4v) is 2.52. The number of hydrogen-bond donors (Lipinski definition) is 1. The Kier molecular flexibility index (Phi) is 5.22. The molecule has 0 heterocycles. The van der Waals surface area contributed by atoms with Crippen LogP contribution in [0.5, 0.6) is 11.5 Å². The van der Waals surface area contributed by atoms with Crippen LogP contribution in [-0.4, -0.2) is 18.5 Å². The van der Waals surface area contributed by atoms with E-state index in [0.29, 0.717) is 23.7 Å². The molecule has 0 aliphatic rings. The molecule has 21 heavy (non-hydrogen) atoms. The van der Waals surface area contributed by atoms with Crippen molar-refractivity contribution >= 4 is 22.1 Å². The van der Waals surface area contributed by atoms with Crippen molar-refractivity contribution in [2.75, 3.05) is 7.11 Å². The summed E-state index contributed by atoms with van der Waals surface area (Å²) < 4.78 is 12.0. The molecule has 0 bridgehead atoms. The number of hydrogen-bond acceptors (Lipinski definition) is 4. The number of benzene rings is 2. The van der Waals surface area contributed by atoms with Crippen molar-refractivity contribution in [2.45, 2.75) is 13.5 Å². The molecule has 0 atom stereocenters. The van der Waals surface area contributed by atoms with Crippen LogP contribution < -0.4 is 9.47 Å². The predicted octanol–water partition coefficient (Wildman–Crippen LogP) is 4.15. The van der Waals surface area contributed by atoms with E-state index < -0.39 is 0 Å². The lowest BCUT2D eigenvalue weighted by atomic mass is 10.1. The summed E-state index contributed by atoms with van der Waals surface area (Å²) in [5.74, 6) is 1.20. The van der Waals surface area contributed by atoms with Crippen molar-refractivity contribution in [3.05, 3.63) is 57.6 Å². The first-order valence-electron chi connectivity index (χ1n) is 6.38. The maximum Gasteiger partial charge on any atom is 0.175 e. The minimum Gasteiger partial charge on any atom is -0.493 e. The normalized spacial score (nSPS) is 10.8. The van der Waals surface area contributed by atoms with Crippen molar-refractivity contribution in [3.63, 3.8) is 0 Å². The molecule has 2 aromatic rings. The van der Waals surface area contributed by atoms with Gasteiger partial charge in [0.25, 0.3) is 0 Å². The number of ether oxygens (including phenoxy) is 2. The molecule has 0 spiro atoms. The van der Waals surface area contributed by atoms with Crippen LogP contribution in [0.15, 0.2) is 46.0 Å². The fraction of sp³-hybridized carbons (Fsp3) is 0.188. The molecule has 4 nitrogen and oxygen atoms in total. The Bertz CT molecular complexity index is 656. The third-order valence-electron chi connectivity index (χ3n) is 3.09. The number of oxime groups is 1. The third-order valence-corrected chi connectivity index (χ3v) is 3.68. The Morgan fingerprint density at radius 3 is 2.71 bits per heavy atom. The lowest BCUT2D eigenvalue weighted by Gasteiger charge is -2.14. The molecule has 0 aliphatic carbocycles. The first-order chi connectivity index (χ1) is 10.2. The molecule has 110 valence electrons. The summed E-state index contributed by atoms with van der Waals surface area (Å²) in [6, 6.07) is 11.6. The maximum absolute atomic E-state index is 8.61. The molecule has 0 fully saturated rings. The Morgan fingerprint density at radius 2 is 2.05 bits per heavy atom. The summed E-state index contributed by atoms with van der Waals surface area (Å²) in [7, 11) is 1.57. The van der Waals surface area contributed by atoms with Gasteiger partial charge in [-0.3, -0.25) is 0 Å². The lowest BCUT2D eigenvalue weighted by molar-refractivity contribution is 0.282. The van der Waals surface area contributed by atoms with Gasteiger partial charge in [-0.15, -0.1) is 0 Å². The first kappa shape index (κ1) is 15.4. The zero-order valence-corrected chi connectivity index (χ0v) is 13.4. The van der Waals surface area contributed by atoms with E-state index in [2.05, 4.69) is 21.1 Å². The topological polar surface area (TPSA) is 51.0 Å². The largest absolute Gasteiger partial charge is 0.493 e. The van der Waals surface area contributed by atoms with Crippen molar-refractivity contribution in [2.24, 2.45) is 5.16 Å². The SMILES string of the molecule is COc1cc(C=NO)cc(Br)c1OCc1ccccc1C. The molecule has 0 amide bonds. The standard InChI is InChI=1S/C16H16BrNO3/c1-11-5-3-4-6-13(11)10-21-16-14(17)7-12(9-18-19)8-15(16)20-2/h3-9,19H,10H2,1-2H3. The van der Waals surface area contributed by atoms with E-state index in [1.165, 1.54) is 11.8 Å². The Labute approximate surface area is 132 Å². The van der Waals surface area contributed by atoms with E-state index in [1.807, 2.05) is 31.2 Å². The number of methoxy groups -OCH3 is 1. The molecule has 5 heteroatoms. The molecule has 2 rings (SSSR count). The molecule has 0 saturated heterocycles. The number of nitrogens with zero attached hydrogens (tertiary/aromatic N) is 1. The van der Waals surface area contributed by atoms with Crippen LogP contribution in [0, 0.1) is 6.92 Å². The molecule has 0 radical (unpaired) electrons. The molecule has 0 aromatic heterocycles. The highest BCUT2D eigenvalue weighted by Gasteiger charge is 2.12. The molecular weight excluding hydrogens is 334 g/mol. The summed E-state index contributed by atoms with van der Waals surface area (Å²) in [5, 5.41) is 11.6. The second kappa shape index (κ2) is 7.13. The van der Waals surface area contributed by atoms with Crippen LogP contribution in [0.1, 0.15) is 16.7 Å². The highest BCUT2D eigenvalue weighted by molar-refractivity contribution is 9.10. The maximum atomic E-state index is 8.61. The van der Waals surface area contributed by atoms with Crippen LogP contribution in [0.3, 0.4) is 0 Å². The summed E-state index contributed by atoms with van der Waals surface area (Å²) in [6.07, 6.45) is 1.33. The van der Waals surface area contributed by atoms with Crippen molar-refractivity contribution in [1.29, 1.82) is 0 Å². The first-order valence-corrected chi connectivity index (χ1v) is 7.17. The van der Waals surface area contributed by atoms with E-state index in [-0.39, 0.29) is 0 Å². The average molecular weight is 350 g/mol. The molecule has 1 N–H and O–H groups in total. The van der Waals surface area contributed by atoms with Crippen LogP contribution in [0.25, 0.3) is 0 Å². The van der Waals surface area contributed by atoms with Crippen molar-refractivity contribution in [3.8, 4) is 11.5 Å². The van der Waals surface area contributed by atoms with E-state index in [4.69, 9.17) is 14.7 Å². The fourth-order valence-electron chi connectivity index (χ4n) is 1.94. The smallest absolute Gasteiger partial charge is 0.175 e. The quantitative estimate of drug-likeness (QED) is 0.501. The molecule has 0 unspecified atom stereocenters. The molecule has 0 saturated carbocycles. The number of rotatable bonds is 5. The summed E-state index contributed by atoms with van der Waals surface area (Å²) in [4.78, 5) is 0. The van der Waals surface area contributed by atoms with Crippen molar-refractivity contribution in [1.82, 2.24) is 0 Å². The van der Waals surface area contributed by atoms with Gasteiger partial charge in [-0.2, -0.15) is 0 Å². The average Bonchev–Trinajstić information content (AvgIpc) is 2.47. The zero-order valence-electron chi connectivity index (χ0n) is 11.8. The monoisotopic (exact) mass is 349 g/mol. The lowest BCUT2D eigenvalue weighted by Crippen LogP contribution is -2.01. The van der Waals surface area contributed by atoms with Gasteiger partial charge in [-0.1, -0.05) is 29.4 Å². The second-order valence-electron chi connectivity index (χ2n) is 4.49. The van der Waals surface area contributed by atoms with Gasteiger partial charge in [-0.05, 0) is 46.1 Å². The second-order valence-corrected chi connectivity index (χ2v) is 5.35. The van der Waals surface area contributed by atoms with Crippen LogP contribution in [0.4, 0.5) is 0 Å². The molecular formula is C16H16BrNO3. The third kappa shape index (κ3) is 3.76. The number of aryl methyl sites for hydroxylation is 1. The summed E-state index contributed by atoms with van der Waals surface area (Å²) in [6.45, 7) is 2.50. The van der Waals surface area contributed by atoms with Crippen LogP contribution >= 0.6 is 15.9 Å². The highest BCUT2D eigenvalue weighted by atomic mass is 79.9. The van der Waals surface area contributed by atoms with Gasteiger partial charge < -0.3 is 14.7 Å². The van der Waals surface area contributed by atoms with Gasteiger partial charge >= 0.3 is 0 Å². The van der Waals surface area contributed by atoms with Gasteiger partial charge in [0.15, 0.2) is 11.5 Å². The van der Waals surface area contributed by atoms with Gasteiger partial charge in [0.05, 0.1) is 17.8 Å². The summed E-state index contributed by atoms with van der Waals surface area (Å²) in [5.41, 5.74) is 3.01. The highest BCUT2D eigenvalue weighted by Crippen LogP contribution is 2.37. The van der Waals surface area contributed by atoms with Crippen LogP contribution in [-0.2, 0) is 6.61 Å².